The van der Waals surface area contributed by atoms with Gasteiger partial charge in [-0.3, -0.25) is 14.9 Å². The van der Waals surface area contributed by atoms with Crippen LogP contribution < -0.4 is 5.43 Å². The molecule has 1 N–H and O–H groups in total. The summed E-state index contributed by atoms with van der Waals surface area (Å²) in [4.78, 5) is 26.9. The highest BCUT2D eigenvalue weighted by molar-refractivity contribution is 6.32. The first-order valence-electron chi connectivity index (χ1n) is 8.15. The third kappa shape index (κ3) is 4.30. The first-order valence-corrected chi connectivity index (χ1v) is 8.52. The number of carbonyl (C=O) groups excluding carboxylic acids is 1. The monoisotopic (exact) mass is 398 g/mol. The molecule has 1 aromatic heterocycles. The summed E-state index contributed by atoms with van der Waals surface area (Å²) in [6.45, 7) is 0. The minimum absolute atomic E-state index is 0.0568. The molecule has 2 aromatic carbocycles. The first kappa shape index (κ1) is 19.4. The van der Waals surface area contributed by atoms with Gasteiger partial charge in [0, 0.05) is 30.2 Å². The predicted molar refractivity (Wildman–Crippen MR) is 105 cm³/mol. The standard InChI is InChI=1S/C19H15ClN4O4/c1-28-17(12-5-3-2-4-6-12)19(25)23-21-11-14-9-13-10-15(24(26)27)7-8-16(13)22-18(14)20/h2-11,17H,1H3,(H,23,25)/b21-11-/t17-/m0/s1. The Labute approximate surface area is 164 Å². The number of nitrogens with zero attached hydrogens (tertiary/aromatic N) is 3. The Hall–Kier alpha value is -3.36. The maximum absolute atomic E-state index is 12.3. The number of hydrogen-bond donors (Lipinski definition) is 1. The van der Waals surface area contributed by atoms with Gasteiger partial charge < -0.3 is 4.74 Å². The van der Waals surface area contributed by atoms with Crippen LogP contribution in [0, 0.1) is 10.1 Å². The lowest BCUT2D eigenvalue weighted by molar-refractivity contribution is -0.384. The number of pyridine rings is 1. The van der Waals surface area contributed by atoms with Crippen molar-refractivity contribution in [2.75, 3.05) is 7.11 Å². The molecule has 1 atom stereocenters. The third-order valence-corrected chi connectivity index (χ3v) is 4.25. The number of nitro groups is 1. The molecule has 0 unspecified atom stereocenters. The highest BCUT2D eigenvalue weighted by Crippen LogP contribution is 2.23. The highest BCUT2D eigenvalue weighted by atomic mass is 35.5. The van der Waals surface area contributed by atoms with Gasteiger partial charge in [0.05, 0.1) is 16.7 Å². The lowest BCUT2D eigenvalue weighted by Gasteiger charge is -2.13. The maximum Gasteiger partial charge on any atom is 0.273 e. The number of hydrogen-bond acceptors (Lipinski definition) is 6. The summed E-state index contributed by atoms with van der Waals surface area (Å²) in [5.41, 5.74) is 3.95. The minimum Gasteiger partial charge on any atom is -0.367 e. The molecular formula is C19H15ClN4O4. The predicted octanol–water partition coefficient (Wildman–Crippen LogP) is 3.63. The number of fused-ring (bicyclic) bond motifs is 1. The summed E-state index contributed by atoms with van der Waals surface area (Å²) in [6.07, 6.45) is 0.509. The van der Waals surface area contributed by atoms with E-state index in [1.54, 1.807) is 30.3 Å². The molecule has 0 aliphatic carbocycles. The van der Waals surface area contributed by atoms with Crippen molar-refractivity contribution in [1.82, 2.24) is 10.4 Å². The van der Waals surface area contributed by atoms with E-state index in [0.717, 1.165) is 0 Å². The van der Waals surface area contributed by atoms with Crippen LogP contribution in [0.4, 0.5) is 5.69 Å². The van der Waals surface area contributed by atoms with Gasteiger partial charge in [0.1, 0.15) is 5.15 Å². The molecule has 0 radical (unpaired) electrons. The van der Waals surface area contributed by atoms with Crippen LogP contribution in [-0.2, 0) is 9.53 Å². The molecule has 0 saturated heterocycles. The molecule has 1 heterocycles. The fourth-order valence-electron chi connectivity index (χ4n) is 2.61. The molecule has 1 amide bonds. The first-order chi connectivity index (χ1) is 13.5. The van der Waals surface area contributed by atoms with Crippen molar-refractivity contribution in [3.05, 3.63) is 81.0 Å². The Morgan fingerprint density at radius 3 is 2.71 bits per heavy atom. The fraction of sp³-hybridized carbons (Fsp3) is 0.105. The van der Waals surface area contributed by atoms with Crippen molar-refractivity contribution in [2.24, 2.45) is 5.10 Å². The number of carbonyl (C=O) groups is 1. The smallest absolute Gasteiger partial charge is 0.273 e. The van der Waals surface area contributed by atoms with Gasteiger partial charge in [0.2, 0.25) is 0 Å². The largest absolute Gasteiger partial charge is 0.367 e. The average molecular weight is 399 g/mol. The second-order valence-corrected chi connectivity index (χ2v) is 6.12. The van der Waals surface area contributed by atoms with Gasteiger partial charge in [-0.25, -0.2) is 10.4 Å². The van der Waals surface area contributed by atoms with E-state index >= 15 is 0 Å². The van der Waals surface area contributed by atoms with E-state index < -0.39 is 16.9 Å². The molecule has 0 aliphatic heterocycles. The number of hydrazone groups is 1. The number of nitrogens with one attached hydrogen (secondary N) is 1. The molecule has 8 nitrogen and oxygen atoms in total. The topological polar surface area (TPSA) is 107 Å². The average Bonchev–Trinajstić information content (AvgIpc) is 2.69. The Morgan fingerprint density at radius 2 is 2.04 bits per heavy atom. The molecule has 142 valence electrons. The van der Waals surface area contributed by atoms with Crippen molar-refractivity contribution < 1.29 is 14.5 Å². The fourth-order valence-corrected chi connectivity index (χ4v) is 2.80. The van der Waals surface area contributed by atoms with Crippen LogP contribution in [0.3, 0.4) is 0 Å². The molecule has 0 spiro atoms. The summed E-state index contributed by atoms with van der Waals surface area (Å²) in [5, 5.41) is 15.5. The number of nitro benzene ring substituents is 1. The van der Waals surface area contributed by atoms with E-state index in [4.69, 9.17) is 16.3 Å². The van der Waals surface area contributed by atoms with Crippen LogP contribution in [0.25, 0.3) is 10.9 Å². The van der Waals surface area contributed by atoms with Gasteiger partial charge in [-0.1, -0.05) is 41.9 Å². The Morgan fingerprint density at radius 1 is 1.29 bits per heavy atom. The number of amides is 1. The van der Waals surface area contributed by atoms with Crippen LogP contribution in [0.5, 0.6) is 0 Å². The van der Waals surface area contributed by atoms with E-state index in [2.05, 4.69) is 15.5 Å². The Kier molecular flexibility index (Phi) is 5.93. The van der Waals surface area contributed by atoms with Crippen molar-refractivity contribution in [1.29, 1.82) is 0 Å². The second kappa shape index (κ2) is 8.55. The van der Waals surface area contributed by atoms with Crippen molar-refractivity contribution in [2.45, 2.75) is 6.10 Å². The van der Waals surface area contributed by atoms with Crippen molar-refractivity contribution in [3.8, 4) is 0 Å². The van der Waals surface area contributed by atoms with Gasteiger partial charge in [0.25, 0.3) is 11.6 Å². The Balaban J connectivity index is 1.79. The third-order valence-electron chi connectivity index (χ3n) is 3.94. The summed E-state index contributed by atoms with van der Waals surface area (Å²) >= 11 is 6.13. The van der Waals surface area contributed by atoms with E-state index in [-0.39, 0.29) is 10.8 Å². The van der Waals surface area contributed by atoms with Crippen LogP contribution in [0.2, 0.25) is 5.15 Å². The van der Waals surface area contributed by atoms with Gasteiger partial charge in [-0.05, 0) is 17.7 Å². The van der Waals surface area contributed by atoms with E-state index in [0.29, 0.717) is 22.0 Å². The highest BCUT2D eigenvalue weighted by Gasteiger charge is 2.19. The van der Waals surface area contributed by atoms with Crippen LogP contribution in [0.15, 0.2) is 59.7 Å². The molecule has 0 aliphatic rings. The quantitative estimate of drug-likeness (QED) is 0.295. The number of rotatable bonds is 6. The molecule has 3 rings (SSSR count). The summed E-state index contributed by atoms with van der Waals surface area (Å²) in [6, 6.07) is 14.9. The van der Waals surface area contributed by atoms with Gasteiger partial charge in [-0.2, -0.15) is 5.10 Å². The zero-order valence-electron chi connectivity index (χ0n) is 14.7. The molecular weight excluding hydrogens is 384 g/mol. The van der Waals surface area contributed by atoms with Gasteiger partial charge in [-0.15, -0.1) is 0 Å². The number of ether oxygens (including phenoxy) is 1. The van der Waals surface area contributed by atoms with E-state index in [1.165, 1.54) is 31.5 Å². The van der Waals surface area contributed by atoms with E-state index in [1.807, 2.05) is 6.07 Å². The Bertz CT molecular complexity index is 1060. The van der Waals surface area contributed by atoms with Crippen molar-refractivity contribution >= 4 is 40.3 Å². The number of methoxy groups -OCH3 is 1. The van der Waals surface area contributed by atoms with Crippen LogP contribution >= 0.6 is 11.6 Å². The minimum atomic E-state index is -0.814. The number of benzene rings is 2. The molecule has 3 aromatic rings. The number of non-ortho nitro benzene ring substituents is 1. The van der Waals surface area contributed by atoms with Crippen LogP contribution in [0.1, 0.15) is 17.2 Å². The van der Waals surface area contributed by atoms with E-state index in [9.17, 15) is 14.9 Å². The maximum atomic E-state index is 12.3. The summed E-state index contributed by atoms with van der Waals surface area (Å²) in [7, 11) is 1.43. The molecule has 9 heteroatoms. The molecule has 28 heavy (non-hydrogen) atoms. The zero-order valence-corrected chi connectivity index (χ0v) is 15.5. The normalized spacial score (nSPS) is 12.2. The number of halogens is 1. The lowest BCUT2D eigenvalue weighted by Crippen LogP contribution is -2.26. The summed E-state index contributed by atoms with van der Waals surface area (Å²) in [5.74, 6) is -0.453. The van der Waals surface area contributed by atoms with Crippen LogP contribution in [-0.4, -0.2) is 29.1 Å². The zero-order chi connectivity index (χ0) is 20.1. The van der Waals surface area contributed by atoms with Gasteiger partial charge >= 0.3 is 0 Å². The molecule has 0 fully saturated rings. The number of aromatic nitrogens is 1. The molecule has 0 bridgehead atoms. The summed E-state index contributed by atoms with van der Waals surface area (Å²) < 4.78 is 5.23. The molecule has 0 saturated carbocycles. The second-order valence-electron chi connectivity index (χ2n) is 5.76. The van der Waals surface area contributed by atoms with Gasteiger partial charge in [0.15, 0.2) is 6.10 Å². The SMILES string of the molecule is CO[C@H](C(=O)N/N=C\c1cc2cc([N+](=O)[O-])ccc2nc1Cl)c1ccccc1. The van der Waals surface area contributed by atoms with Crippen molar-refractivity contribution in [3.63, 3.8) is 0 Å². The lowest BCUT2D eigenvalue weighted by atomic mass is 10.1.